The van der Waals surface area contributed by atoms with Gasteiger partial charge in [0, 0.05) is 36.3 Å². The zero-order chi connectivity index (χ0) is 22.9. The Balaban J connectivity index is 1.47. The molecule has 0 aromatic heterocycles. The molecule has 8 heteroatoms. The van der Waals surface area contributed by atoms with E-state index >= 15 is 0 Å². The third-order valence-electron chi connectivity index (χ3n) is 6.66. The second-order valence-electron chi connectivity index (χ2n) is 8.68. The second-order valence-corrected chi connectivity index (χ2v) is 10.4. The van der Waals surface area contributed by atoms with Crippen molar-refractivity contribution < 1.29 is 22.6 Å². The van der Waals surface area contributed by atoms with E-state index in [2.05, 4.69) is 15.7 Å². The minimum absolute atomic E-state index is 0.0864. The van der Waals surface area contributed by atoms with Crippen molar-refractivity contribution in [1.82, 2.24) is 9.62 Å². The number of piperidine rings is 1. The summed E-state index contributed by atoms with van der Waals surface area (Å²) >= 11 is 0. The van der Waals surface area contributed by atoms with Crippen LogP contribution in [0.1, 0.15) is 36.8 Å². The zero-order valence-electron chi connectivity index (χ0n) is 19.1. The number of benzene rings is 2. The minimum atomic E-state index is -3.67. The van der Waals surface area contributed by atoms with Crippen LogP contribution in [0.2, 0.25) is 0 Å². The molecule has 0 amide bonds. The van der Waals surface area contributed by atoms with Gasteiger partial charge >= 0.3 is 0 Å². The highest BCUT2D eigenvalue weighted by molar-refractivity contribution is 7.89. The number of aryl methyl sites for hydroxylation is 1. The largest absolute Gasteiger partial charge is 0.497 e. The maximum Gasteiger partial charge on any atom is 0.244 e. The summed E-state index contributed by atoms with van der Waals surface area (Å²) in [5.74, 6) is 1.96. The van der Waals surface area contributed by atoms with Gasteiger partial charge in [0.05, 0.1) is 21.3 Å². The molecule has 2 fully saturated rings. The molecule has 2 bridgehead atoms. The summed E-state index contributed by atoms with van der Waals surface area (Å²) < 4.78 is 45.5. The molecule has 2 heterocycles. The molecule has 7 nitrogen and oxygen atoms in total. The number of ether oxygens (including phenoxy) is 3. The van der Waals surface area contributed by atoms with Crippen LogP contribution in [0.25, 0.3) is 0 Å². The van der Waals surface area contributed by atoms with Crippen LogP contribution in [-0.4, -0.2) is 52.8 Å². The fraction of sp³-hybridized carbons (Fsp3) is 0.500. The highest BCUT2D eigenvalue weighted by Crippen LogP contribution is 2.39. The van der Waals surface area contributed by atoms with Crippen molar-refractivity contribution in [1.29, 1.82) is 0 Å². The van der Waals surface area contributed by atoms with Crippen LogP contribution in [-0.2, 0) is 16.6 Å². The third kappa shape index (κ3) is 4.58. The lowest BCUT2D eigenvalue weighted by atomic mass is 9.97. The van der Waals surface area contributed by atoms with Crippen molar-refractivity contribution in [2.24, 2.45) is 0 Å². The normalized spacial score (nSPS) is 23.2. The van der Waals surface area contributed by atoms with E-state index in [1.54, 1.807) is 26.4 Å². The molecule has 2 aromatic rings. The van der Waals surface area contributed by atoms with E-state index in [9.17, 15) is 8.42 Å². The smallest absolute Gasteiger partial charge is 0.244 e. The lowest BCUT2D eigenvalue weighted by Gasteiger charge is -2.39. The molecule has 2 aliphatic heterocycles. The Kier molecular flexibility index (Phi) is 6.65. The average molecular weight is 461 g/mol. The number of fused-ring (bicyclic) bond motifs is 2. The molecule has 0 saturated carbocycles. The maximum atomic E-state index is 13.1. The Morgan fingerprint density at radius 3 is 2.25 bits per heavy atom. The number of nitrogens with zero attached hydrogens (tertiary/aromatic N) is 1. The molecule has 2 aromatic carbocycles. The van der Waals surface area contributed by atoms with E-state index in [4.69, 9.17) is 14.2 Å². The highest BCUT2D eigenvalue weighted by atomic mass is 32.2. The summed E-state index contributed by atoms with van der Waals surface area (Å²) in [4.78, 5) is 2.71. The van der Waals surface area contributed by atoms with Crippen molar-refractivity contribution in [2.45, 2.75) is 62.2 Å². The molecule has 2 aliphatic rings. The molecule has 0 radical (unpaired) electrons. The molecule has 2 atom stereocenters. The predicted octanol–water partition coefficient (Wildman–Crippen LogP) is 3.49. The van der Waals surface area contributed by atoms with Crippen LogP contribution in [0.4, 0.5) is 0 Å². The topological polar surface area (TPSA) is 77.1 Å². The Labute approximate surface area is 190 Å². The summed E-state index contributed by atoms with van der Waals surface area (Å²) in [5.41, 5.74) is 2.00. The van der Waals surface area contributed by atoms with Crippen molar-refractivity contribution in [3.8, 4) is 17.2 Å². The van der Waals surface area contributed by atoms with E-state index in [0.717, 1.165) is 54.9 Å². The quantitative estimate of drug-likeness (QED) is 0.650. The summed E-state index contributed by atoms with van der Waals surface area (Å²) in [6.45, 7) is 2.66. The molecule has 2 unspecified atom stereocenters. The van der Waals surface area contributed by atoms with Gasteiger partial charge in [0.1, 0.15) is 22.1 Å². The average Bonchev–Trinajstić information content (AvgIpc) is 3.01. The molecule has 174 valence electrons. The lowest BCUT2D eigenvalue weighted by molar-refractivity contribution is 0.114. The van der Waals surface area contributed by atoms with E-state index in [1.807, 2.05) is 25.1 Å². The number of hydrogen-bond donors (Lipinski definition) is 1. The van der Waals surface area contributed by atoms with Gasteiger partial charge in [-0.3, -0.25) is 4.90 Å². The Hall–Kier alpha value is -2.29. The summed E-state index contributed by atoms with van der Waals surface area (Å²) in [7, 11) is 1.15. The first-order chi connectivity index (χ1) is 15.3. The second kappa shape index (κ2) is 9.29. The van der Waals surface area contributed by atoms with Crippen LogP contribution < -0.4 is 18.9 Å². The summed E-state index contributed by atoms with van der Waals surface area (Å²) in [5, 5.41) is 0. The Bertz CT molecular complexity index is 1060. The van der Waals surface area contributed by atoms with E-state index in [0.29, 0.717) is 17.8 Å². The lowest BCUT2D eigenvalue weighted by Crippen LogP contribution is -2.49. The standard InChI is InChI=1S/C24H32N2O5S/c1-16-5-10-22(30-3)24(11-16)32(27,28)25-18-12-19-7-8-20(13-18)26(19)15-17-6-9-21(29-2)14-23(17)31-4/h5-6,9-11,14,18-20,25H,7-8,12-13,15H2,1-4H3. The summed E-state index contributed by atoms with van der Waals surface area (Å²) in [6.07, 6.45) is 3.74. The molecule has 0 aliphatic carbocycles. The van der Waals surface area contributed by atoms with E-state index in [1.165, 1.54) is 7.11 Å². The summed E-state index contributed by atoms with van der Waals surface area (Å²) in [6, 6.07) is 11.7. The van der Waals surface area contributed by atoms with Gasteiger partial charge in [-0.2, -0.15) is 0 Å². The highest BCUT2D eigenvalue weighted by Gasteiger charge is 2.42. The fourth-order valence-electron chi connectivity index (χ4n) is 5.08. The molecular formula is C24H32N2O5S. The van der Waals surface area contributed by atoms with Gasteiger partial charge in [-0.25, -0.2) is 13.1 Å². The van der Waals surface area contributed by atoms with Gasteiger partial charge in [-0.05, 0) is 56.4 Å². The van der Waals surface area contributed by atoms with Crippen LogP contribution in [0.5, 0.6) is 17.2 Å². The zero-order valence-corrected chi connectivity index (χ0v) is 19.9. The van der Waals surface area contributed by atoms with Crippen LogP contribution >= 0.6 is 0 Å². The number of hydrogen-bond acceptors (Lipinski definition) is 6. The van der Waals surface area contributed by atoms with Gasteiger partial charge in [-0.15, -0.1) is 0 Å². The van der Waals surface area contributed by atoms with E-state index in [-0.39, 0.29) is 10.9 Å². The minimum Gasteiger partial charge on any atom is -0.497 e. The SMILES string of the molecule is COc1ccc(CN2C3CCC2CC(NS(=O)(=O)c2cc(C)ccc2OC)C3)c(OC)c1. The number of methoxy groups -OCH3 is 3. The molecular weight excluding hydrogens is 428 g/mol. The van der Waals surface area contributed by atoms with Crippen LogP contribution in [0.15, 0.2) is 41.3 Å². The maximum absolute atomic E-state index is 13.1. The third-order valence-corrected chi connectivity index (χ3v) is 8.20. The van der Waals surface area contributed by atoms with Gasteiger partial charge < -0.3 is 14.2 Å². The molecule has 1 N–H and O–H groups in total. The Morgan fingerprint density at radius 1 is 0.938 bits per heavy atom. The van der Waals surface area contributed by atoms with Crippen molar-refractivity contribution in [2.75, 3.05) is 21.3 Å². The van der Waals surface area contributed by atoms with Crippen LogP contribution in [0.3, 0.4) is 0 Å². The first kappa shape index (κ1) is 22.9. The molecule has 0 spiro atoms. The van der Waals surface area contributed by atoms with Crippen molar-refractivity contribution >= 4 is 10.0 Å². The predicted molar refractivity (Wildman–Crippen MR) is 123 cm³/mol. The van der Waals surface area contributed by atoms with Gasteiger partial charge in [-0.1, -0.05) is 12.1 Å². The Morgan fingerprint density at radius 2 is 1.62 bits per heavy atom. The first-order valence-electron chi connectivity index (χ1n) is 11.0. The number of nitrogens with one attached hydrogen (secondary N) is 1. The van der Waals surface area contributed by atoms with E-state index < -0.39 is 10.0 Å². The van der Waals surface area contributed by atoms with Gasteiger partial charge in [0.15, 0.2) is 0 Å². The van der Waals surface area contributed by atoms with Crippen molar-refractivity contribution in [3.63, 3.8) is 0 Å². The molecule has 4 rings (SSSR count). The van der Waals surface area contributed by atoms with Gasteiger partial charge in [0.2, 0.25) is 10.0 Å². The van der Waals surface area contributed by atoms with Crippen LogP contribution in [0, 0.1) is 6.92 Å². The monoisotopic (exact) mass is 460 g/mol. The van der Waals surface area contributed by atoms with Gasteiger partial charge in [0.25, 0.3) is 0 Å². The first-order valence-corrected chi connectivity index (χ1v) is 12.5. The number of sulfonamides is 1. The molecule has 32 heavy (non-hydrogen) atoms. The van der Waals surface area contributed by atoms with Crippen molar-refractivity contribution in [3.05, 3.63) is 47.5 Å². The fourth-order valence-corrected chi connectivity index (χ4v) is 6.60. The molecule has 2 saturated heterocycles. The number of rotatable bonds is 8.